The van der Waals surface area contributed by atoms with Gasteiger partial charge in [0, 0.05) is 39.3 Å². The number of nitrogens with zero attached hydrogens (tertiary/aromatic N) is 1. The topological polar surface area (TPSA) is 12.5 Å². The fourth-order valence-electron chi connectivity index (χ4n) is 7.95. The van der Waals surface area contributed by atoms with Crippen molar-refractivity contribution in [1.82, 2.24) is 0 Å². The zero-order chi connectivity index (χ0) is 37.3. The molecule has 264 valence electrons. The molecule has 9 aromatic carbocycles. The first-order valence-corrected chi connectivity index (χ1v) is 19.1. The van der Waals surface area contributed by atoms with Crippen molar-refractivity contribution in [1.29, 1.82) is 0 Å². The third-order valence-corrected chi connectivity index (χ3v) is 10.7. The Bertz CT molecular complexity index is 2690. The van der Waals surface area contributed by atoms with Crippen LogP contribution in [0, 0.1) is 0 Å². The average molecular weight is 716 g/mol. The van der Waals surface area contributed by atoms with Crippen molar-refractivity contribution in [3.63, 3.8) is 0 Å². The molecule has 0 saturated heterocycles. The monoisotopic (exact) mass is 715 g/mol. The van der Waals surface area contributed by atoms with Gasteiger partial charge < -0.3 is 9.64 Å². The van der Waals surface area contributed by atoms with E-state index in [9.17, 15) is 0 Å². The minimum Gasteiger partial charge on any atom is -0.455 e. The summed E-state index contributed by atoms with van der Waals surface area (Å²) in [5.74, 6) is 1.73. The number of benzene rings is 9. The lowest BCUT2D eigenvalue weighted by Crippen LogP contribution is -2.09. The van der Waals surface area contributed by atoms with Crippen LogP contribution in [-0.2, 0) is 0 Å². The van der Waals surface area contributed by atoms with E-state index in [2.05, 4.69) is 229 Å². The van der Waals surface area contributed by atoms with E-state index in [-0.39, 0.29) is 0 Å². The summed E-state index contributed by atoms with van der Waals surface area (Å²) in [7, 11) is 0. The van der Waals surface area contributed by atoms with Crippen molar-refractivity contribution in [2.24, 2.45) is 0 Å². The maximum Gasteiger partial charge on any atom is 0.143 e. The van der Waals surface area contributed by atoms with Crippen LogP contribution < -0.4 is 9.64 Å². The van der Waals surface area contributed by atoms with Gasteiger partial charge in [-0.05, 0) is 80.9 Å². The molecule has 0 fully saturated rings. The van der Waals surface area contributed by atoms with E-state index in [1.54, 1.807) is 0 Å². The van der Waals surface area contributed by atoms with Crippen molar-refractivity contribution in [3.8, 4) is 78.3 Å². The minimum absolute atomic E-state index is 0.861. The largest absolute Gasteiger partial charge is 0.455 e. The summed E-state index contributed by atoms with van der Waals surface area (Å²) in [5.41, 5.74) is 16.8. The molecule has 1 aliphatic rings. The molecular formula is C54H37NO. The maximum atomic E-state index is 7.16. The summed E-state index contributed by atoms with van der Waals surface area (Å²) in [6, 6.07) is 79.8. The van der Waals surface area contributed by atoms with Gasteiger partial charge in [-0.15, -0.1) is 0 Å². The van der Waals surface area contributed by atoms with Gasteiger partial charge in [-0.1, -0.05) is 188 Å². The van der Waals surface area contributed by atoms with Crippen LogP contribution in [0.1, 0.15) is 0 Å². The molecular weight excluding hydrogens is 679 g/mol. The number of anilines is 3. The molecule has 0 aliphatic carbocycles. The first-order valence-electron chi connectivity index (χ1n) is 19.1. The third kappa shape index (κ3) is 6.14. The van der Waals surface area contributed by atoms with Crippen LogP contribution in [0.4, 0.5) is 17.1 Å². The van der Waals surface area contributed by atoms with Gasteiger partial charge in [0.15, 0.2) is 0 Å². The molecule has 56 heavy (non-hydrogen) atoms. The van der Waals surface area contributed by atoms with Gasteiger partial charge in [-0.3, -0.25) is 0 Å². The van der Waals surface area contributed by atoms with Crippen LogP contribution >= 0.6 is 0 Å². The molecule has 0 N–H and O–H groups in total. The van der Waals surface area contributed by atoms with Gasteiger partial charge >= 0.3 is 0 Å². The summed E-state index contributed by atoms with van der Waals surface area (Å²) in [4.78, 5) is 2.33. The number of hydrogen-bond donors (Lipinski definition) is 0. The Hall–Kier alpha value is -7.42. The SMILES string of the molecule is c1ccc(-c2ccc(N(c3ccc(-c4ccccc4)cc3)c3ccc(-c4cccc5c4Oc4c(-c6ccccc6)cccc4-c4ccccc4-5)cc3)cc2)cc1. The van der Waals surface area contributed by atoms with Crippen molar-refractivity contribution >= 4 is 17.1 Å². The van der Waals surface area contributed by atoms with Gasteiger partial charge in [-0.25, -0.2) is 0 Å². The molecule has 9 aromatic rings. The Balaban J connectivity index is 1.07. The molecule has 0 atom stereocenters. The number of hydrogen-bond acceptors (Lipinski definition) is 2. The second-order valence-corrected chi connectivity index (χ2v) is 14.1. The summed E-state index contributed by atoms with van der Waals surface area (Å²) in [6.45, 7) is 0. The van der Waals surface area contributed by atoms with Gasteiger partial charge in [0.2, 0.25) is 0 Å². The van der Waals surface area contributed by atoms with E-state index < -0.39 is 0 Å². The quantitative estimate of drug-likeness (QED) is 0.163. The zero-order valence-corrected chi connectivity index (χ0v) is 30.7. The highest BCUT2D eigenvalue weighted by atomic mass is 16.5. The van der Waals surface area contributed by atoms with E-state index in [0.29, 0.717) is 0 Å². The molecule has 2 heteroatoms. The van der Waals surface area contributed by atoms with Crippen LogP contribution in [-0.4, -0.2) is 0 Å². The average Bonchev–Trinajstić information content (AvgIpc) is 3.43. The van der Waals surface area contributed by atoms with E-state index in [4.69, 9.17) is 4.74 Å². The van der Waals surface area contributed by atoms with Gasteiger partial charge in [0.25, 0.3) is 0 Å². The number of para-hydroxylation sites is 2. The smallest absolute Gasteiger partial charge is 0.143 e. The lowest BCUT2D eigenvalue weighted by atomic mass is 9.91. The van der Waals surface area contributed by atoms with Crippen LogP contribution in [0.2, 0.25) is 0 Å². The number of rotatable bonds is 7. The van der Waals surface area contributed by atoms with Crippen molar-refractivity contribution < 1.29 is 4.74 Å². The van der Waals surface area contributed by atoms with Gasteiger partial charge in [0.05, 0.1) is 0 Å². The second-order valence-electron chi connectivity index (χ2n) is 14.1. The Kier molecular flexibility index (Phi) is 8.55. The van der Waals surface area contributed by atoms with Crippen molar-refractivity contribution in [2.45, 2.75) is 0 Å². The molecule has 0 radical (unpaired) electrons. The first kappa shape index (κ1) is 33.2. The standard InChI is InChI=1S/C54H37NO/c1-4-14-38(15-5-1)40-26-32-44(33-27-40)55(45-34-28-41(29-35-45)39-16-6-2-7-17-39)46-36-30-43(31-37-46)48-23-13-25-52-50-21-11-10-20-49(50)51-24-12-22-47(53(51)56-54(48)52)42-18-8-3-9-19-42/h1-37H. The number of ether oxygens (including phenoxy) is 1. The normalized spacial score (nSPS) is 11.4. The first-order chi connectivity index (χ1) is 27.8. The third-order valence-electron chi connectivity index (χ3n) is 10.7. The van der Waals surface area contributed by atoms with E-state index in [1.807, 2.05) is 0 Å². The second kappa shape index (κ2) is 14.4. The van der Waals surface area contributed by atoms with Crippen LogP contribution in [0.25, 0.3) is 66.8 Å². The summed E-state index contributed by atoms with van der Waals surface area (Å²) < 4.78 is 7.16. The minimum atomic E-state index is 0.861. The molecule has 0 saturated carbocycles. The van der Waals surface area contributed by atoms with Crippen molar-refractivity contribution in [2.75, 3.05) is 4.90 Å². The Morgan fingerprint density at radius 2 is 0.500 bits per heavy atom. The van der Waals surface area contributed by atoms with Crippen LogP contribution in [0.15, 0.2) is 224 Å². The molecule has 1 aliphatic heterocycles. The Morgan fingerprint density at radius 3 is 0.911 bits per heavy atom. The Labute approximate surface area is 328 Å². The molecule has 0 spiro atoms. The molecule has 1 heterocycles. The highest BCUT2D eigenvalue weighted by Crippen LogP contribution is 2.53. The fraction of sp³-hybridized carbons (Fsp3) is 0. The van der Waals surface area contributed by atoms with E-state index in [1.165, 1.54) is 27.8 Å². The summed E-state index contributed by atoms with van der Waals surface area (Å²) in [5, 5.41) is 0. The van der Waals surface area contributed by atoms with Crippen LogP contribution in [0.3, 0.4) is 0 Å². The molecule has 0 amide bonds. The van der Waals surface area contributed by atoms with Crippen molar-refractivity contribution in [3.05, 3.63) is 224 Å². The number of fused-ring (bicyclic) bond motifs is 5. The summed E-state index contributed by atoms with van der Waals surface area (Å²) >= 11 is 0. The Morgan fingerprint density at radius 1 is 0.214 bits per heavy atom. The molecule has 0 aromatic heterocycles. The van der Waals surface area contributed by atoms with Crippen LogP contribution in [0.5, 0.6) is 11.5 Å². The lowest BCUT2D eigenvalue weighted by molar-refractivity contribution is 0.491. The van der Waals surface area contributed by atoms with Gasteiger partial charge in [-0.2, -0.15) is 0 Å². The molecule has 10 rings (SSSR count). The molecule has 0 unspecified atom stereocenters. The lowest BCUT2D eigenvalue weighted by Gasteiger charge is -2.26. The predicted molar refractivity (Wildman–Crippen MR) is 234 cm³/mol. The molecule has 0 bridgehead atoms. The summed E-state index contributed by atoms with van der Waals surface area (Å²) in [6.07, 6.45) is 0. The fourth-order valence-corrected chi connectivity index (χ4v) is 7.95. The zero-order valence-electron chi connectivity index (χ0n) is 30.7. The highest BCUT2D eigenvalue weighted by molar-refractivity contribution is 5.97. The predicted octanol–water partition coefficient (Wildman–Crippen LogP) is 15.3. The van der Waals surface area contributed by atoms with E-state index >= 15 is 0 Å². The molecule has 2 nitrogen and oxygen atoms in total. The van der Waals surface area contributed by atoms with Gasteiger partial charge in [0.1, 0.15) is 11.5 Å². The highest BCUT2D eigenvalue weighted by Gasteiger charge is 2.25. The maximum absolute atomic E-state index is 7.16. The van der Waals surface area contributed by atoms with E-state index in [0.717, 1.165) is 67.5 Å².